The third-order valence-corrected chi connectivity index (χ3v) is 15.7. The molecule has 1 saturated heterocycles. The highest BCUT2D eigenvalue weighted by atomic mass is 32.2. The van der Waals surface area contributed by atoms with Crippen LogP contribution in [0.15, 0.2) is 206 Å². The van der Waals surface area contributed by atoms with Gasteiger partial charge in [0.2, 0.25) is 0 Å². The molecule has 5 unspecified atom stereocenters. The summed E-state index contributed by atoms with van der Waals surface area (Å²) in [4.78, 5) is 15.0. The van der Waals surface area contributed by atoms with Gasteiger partial charge in [-0.1, -0.05) is 102 Å². The lowest BCUT2D eigenvalue weighted by atomic mass is 9.75. The molecule has 62 heavy (non-hydrogen) atoms. The minimum absolute atomic E-state index is 0.0866. The molecule has 7 aromatic rings. The lowest BCUT2D eigenvalue weighted by Crippen LogP contribution is -2.72. The number of anilines is 6. The second-order valence-electron chi connectivity index (χ2n) is 16.7. The molecule has 0 bridgehead atoms. The fourth-order valence-corrected chi connectivity index (χ4v) is 12.7. The van der Waals surface area contributed by atoms with Crippen LogP contribution in [0.4, 0.5) is 34.1 Å². The number of nitrogens with zero attached hydrogens (tertiary/aromatic N) is 6. The molecule has 0 amide bonds. The summed E-state index contributed by atoms with van der Waals surface area (Å²) in [6, 6.07) is 64.4. The first kappa shape index (κ1) is 36.1. The van der Waals surface area contributed by atoms with Crippen LogP contribution in [0.3, 0.4) is 0 Å². The number of nitrogens with one attached hydrogen (secondary N) is 2. The average Bonchev–Trinajstić information content (AvgIpc) is 3.99. The van der Waals surface area contributed by atoms with Crippen LogP contribution >= 0.6 is 23.5 Å². The summed E-state index contributed by atoms with van der Waals surface area (Å²) in [5.74, 6) is 2.46. The van der Waals surface area contributed by atoms with Crippen LogP contribution in [0.2, 0.25) is 0 Å². The Hall–Kier alpha value is -6.62. The quantitative estimate of drug-likeness (QED) is 0.178. The second-order valence-corrected chi connectivity index (χ2v) is 18.9. The van der Waals surface area contributed by atoms with E-state index in [0.717, 1.165) is 53.4 Å². The minimum Gasteiger partial charge on any atom is -0.325 e. The fourth-order valence-electron chi connectivity index (χ4n) is 10.6. The molecule has 0 radical (unpaired) electrons. The van der Waals surface area contributed by atoms with E-state index < -0.39 is 0 Å². The third kappa shape index (κ3) is 5.69. The highest BCUT2D eigenvalue weighted by Gasteiger charge is 2.56. The van der Waals surface area contributed by atoms with Crippen LogP contribution in [-0.2, 0) is 0 Å². The van der Waals surface area contributed by atoms with Crippen molar-refractivity contribution in [3.05, 3.63) is 193 Å². The van der Waals surface area contributed by atoms with E-state index in [9.17, 15) is 0 Å². The summed E-state index contributed by atoms with van der Waals surface area (Å²) < 4.78 is 0. The molecule has 0 spiro atoms. The van der Waals surface area contributed by atoms with Gasteiger partial charge >= 0.3 is 0 Å². The van der Waals surface area contributed by atoms with Crippen molar-refractivity contribution < 1.29 is 0 Å². The van der Waals surface area contributed by atoms with E-state index in [2.05, 4.69) is 206 Å². The molecule has 10 heteroatoms. The Labute approximate surface area is 370 Å². The minimum atomic E-state index is -0.0994. The number of hydrogen-bond acceptors (Lipinski definition) is 10. The van der Waals surface area contributed by atoms with Crippen LogP contribution in [0.5, 0.6) is 0 Å². The van der Waals surface area contributed by atoms with E-state index in [1.54, 1.807) is 0 Å². The number of rotatable bonds is 5. The molecule has 6 aliphatic rings. The standard InChI is InChI=1S/C52H42N8S2/c1-2-12-33(13-3-1)36-26-31-39-44(32-36)60-50(35-24-29-38(30-25-35)58-42-16-6-10-20-47(42)62-48-21-11-7-17-43(48)58)54-56-52(60)51-55-53-49(59(39)51)34-22-27-37(28-23-34)57-40-14-4-8-18-45(40)61-46-19-9-5-15-41(46)57/h1-25,27-30,36,39,44,51-52,55-56H,26,31-32H2. The Morgan fingerprint density at radius 1 is 0.419 bits per heavy atom. The lowest BCUT2D eigenvalue weighted by Gasteiger charge is -2.55. The normalized spacial score (nSPS) is 22.7. The highest BCUT2D eigenvalue weighted by Crippen LogP contribution is 2.53. The van der Waals surface area contributed by atoms with Crippen LogP contribution < -0.4 is 20.7 Å². The van der Waals surface area contributed by atoms with Crippen LogP contribution in [-0.4, -0.2) is 45.9 Å². The van der Waals surface area contributed by atoms with E-state index in [1.807, 2.05) is 23.5 Å². The number of fused-ring (bicyclic) bond motifs is 10. The zero-order valence-corrected chi connectivity index (χ0v) is 35.4. The maximum absolute atomic E-state index is 5.16. The summed E-state index contributed by atoms with van der Waals surface area (Å²) in [6.45, 7) is 0. The molecule has 1 saturated carbocycles. The van der Waals surface area contributed by atoms with Gasteiger partial charge in [-0.2, -0.15) is 10.2 Å². The molecule has 8 nitrogen and oxygen atoms in total. The Morgan fingerprint density at radius 3 is 1.27 bits per heavy atom. The molecular weight excluding hydrogens is 801 g/mol. The topological polar surface area (TPSA) is 61.7 Å². The molecule has 1 aliphatic carbocycles. The number of hydrogen-bond donors (Lipinski definition) is 2. The molecule has 302 valence electrons. The van der Waals surface area contributed by atoms with E-state index in [4.69, 9.17) is 10.2 Å². The van der Waals surface area contributed by atoms with Gasteiger partial charge in [-0.25, -0.2) is 0 Å². The summed E-state index contributed by atoms with van der Waals surface area (Å²) in [5.41, 5.74) is 18.0. The van der Waals surface area contributed by atoms with Crippen molar-refractivity contribution in [1.82, 2.24) is 20.7 Å². The monoisotopic (exact) mass is 842 g/mol. The first-order chi connectivity index (χ1) is 30.7. The number of benzene rings is 7. The van der Waals surface area contributed by atoms with Gasteiger partial charge in [0.25, 0.3) is 0 Å². The van der Waals surface area contributed by atoms with E-state index in [-0.39, 0.29) is 24.4 Å². The molecule has 2 fully saturated rings. The molecule has 13 rings (SSSR count). The Kier molecular flexibility index (Phi) is 8.44. The zero-order chi connectivity index (χ0) is 40.7. The van der Waals surface area contributed by atoms with E-state index in [1.165, 1.54) is 47.9 Å². The Morgan fingerprint density at radius 2 is 0.823 bits per heavy atom. The fraction of sp³-hybridized carbons (Fsp3) is 0.154. The van der Waals surface area contributed by atoms with Gasteiger partial charge in [0.15, 0.2) is 24.0 Å². The molecule has 2 N–H and O–H groups in total. The number of hydrazone groups is 2. The van der Waals surface area contributed by atoms with Crippen LogP contribution in [0.25, 0.3) is 0 Å². The lowest BCUT2D eigenvalue weighted by molar-refractivity contribution is -0.0133. The van der Waals surface area contributed by atoms with Gasteiger partial charge in [-0.3, -0.25) is 10.9 Å². The first-order valence-electron chi connectivity index (χ1n) is 21.6. The SMILES string of the molecule is c1ccc(C2CCC3C(C2)N2C(c4ccc(N5c6ccccc6Sc6ccccc65)cc4)=NNC2C2NN=C(c4ccc(N5c6ccccc6Sc6ccccc65)cc4)N32)cc1. The van der Waals surface area contributed by atoms with Crippen LogP contribution in [0, 0.1) is 0 Å². The number of amidine groups is 2. The summed E-state index contributed by atoms with van der Waals surface area (Å²) in [7, 11) is 0. The third-order valence-electron chi connectivity index (χ3n) is 13.4. The van der Waals surface area contributed by atoms with Gasteiger partial charge < -0.3 is 19.6 Å². The van der Waals surface area contributed by atoms with Crippen molar-refractivity contribution in [2.24, 2.45) is 10.2 Å². The largest absolute Gasteiger partial charge is 0.325 e. The van der Waals surface area contributed by atoms with Crippen molar-refractivity contribution in [2.45, 2.75) is 69.2 Å². The van der Waals surface area contributed by atoms with Crippen molar-refractivity contribution in [3.8, 4) is 0 Å². The predicted octanol–water partition coefficient (Wildman–Crippen LogP) is 11.8. The molecular formula is C52H42N8S2. The van der Waals surface area contributed by atoms with E-state index >= 15 is 0 Å². The molecule has 5 aliphatic heterocycles. The van der Waals surface area contributed by atoms with Crippen molar-refractivity contribution >= 4 is 69.3 Å². The van der Waals surface area contributed by atoms with Gasteiger partial charge in [-0.05, 0) is 128 Å². The highest BCUT2D eigenvalue weighted by molar-refractivity contribution is 8.00. The van der Waals surface area contributed by atoms with Gasteiger partial charge in [-0.15, -0.1) is 0 Å². The Bertz CT molecular complexity index is 2830. The van der Waals surface area contributed by atoms with Crippen LogP contribution in [0.1, 0.15) is 41.9 Å². The number of para-hydroxylation sites is 4. The first-order valence-corrected chi connectivity index (χ1v) is 23.2. The maximum Gasteiger partial charge on any atom is 0.157 e. The summed E-state index contributed by atoms with van der Waals surface area (Å²) in [6.07, 6.45) is 3.02. The second kappa shape index (κ2) is 14.5. The molecule has 7 aromatic carbocycles. The van der Waals surface area contributed by atoms with Crippen molar-refractivity contribution in [3.63, 3.8) is 0 Å². The predicted molar refractivity (Wildman–Crippen MR) is 252 cm³/mol. The van der Waals surface area contributed by atoms with Crippen molar-refractivity contribution in [1.29, 1.82) is 0 Å². The van der Waals surface area contributed by atoms with Gasteiger partial charge in [0, 0.05) is 42.1 Å². The zero-order valence-electron chi connectivity index (χ0n) is 33.8. The van der Waals surface area contributed by atoms with E-state index in [0.29, 0.717) is 5.92 Å². The maximum atomic E-state index is 5.16. The average molecular weight is 843 g/mol. The Balaban J connectivity index is 0.828. The molecule has 5 heterocycles. The summed E-state index contributed by atoms with van der Waals surface area (Å²) >= 11 is 3.67. The smallest absolute Gasteiger partial charge is 0.157 e. The molecule has 0 aromatic heterocycles. The summed E-state index contributed by atoms with van der Waals surface area (Å²) in [5, 5.41) is 10.3. The van der Waals surface area contributed by atoms with Gasteiger partial charge in [0.05, 0.1) is 34.8 Å². The molecule has 5 atom stereocenters. The van der Waals surface area contributed by atoms with Crippen molar-refractivity contribution in [2.75, 3.05) is 9.80 Å². The number of piperazine rings is 1. The van der Waals surface area contributed by atoms with Gasteiger partial charge in [0.1, 0.15) is 0 Å².